The number of benzene rings is 2. The van der Waals surface area contributed by atoms with Crippen LogP contribution in [0.2, 0.25) is 0 Å². The highest BCUT2D eigenvalue weighted by Crippen LogP contribution is 2.29. The number of hydrogen-bond acceptors (Lipinski definition) is 1. The van der Waals surface area contributed by atoms with Gasteiger partial charge in [-0.3, -0.25) is 4.79 Å². The molecule has 0 fully saturated rings. The van der Waals surface area contributed by atoms with Crippen LogP contribution in [0.4, 0.5) is 4.39 Å². The third-order valence-electron chi connectivity index (χ3n) is 3.26. The quantitative estimate of drug-likeness (QED) is 0.717. The first-order chi connectivity index (χ1) is 8.50. The molecule has 0 amide bonds. The van der Waals surface area contributed by atoms with Crippen molar-refractivity contribution in [2.24, 2.45) is 0 Å². The van der Waals surface area contributed by atoms with Gasteiger partial charge in [0, 0.05) is 5.56 Å². The predicted molar refractivity (Wildman–Crippen MR) is 71.3 cm³/mol. The van der Waals surface area contributed by atoms with Gasteiger partial charge in [-0.25, -0.2) is 4.39 Å². The molecule has 0 saturated carbocycles. The highest BCUT2D eigenvalue weighted by molar-refractivity contribution is 6.01. The van der Waals surface area contributed by atoms with Crippen LogP contribution in [0.3, 0.4) is 0 Å². The van der Waals surface area contributed by atoms with Crippen LogP contribution in [0.1, 0.15) is 28.4 Å². The molecule has 92 valence electrons. The van der Waals surface area contributed by atoms with Crippen molar-refractivity contribution < 1.29 is 9.18 Å². The second kappa shape index (κ2) is 4.73. The van der Waals surface area contributed by atoms with Crippen LogP contribution in [-0.4, -0.2) is 5.78 Å². The molecule has 0 radical (unpaired) electrons. The Balaban J connectivity index is 2.71. The normalized spacial score (nSPS) is 10.4. The molecule has 2 rings (SSSR count). The number of carbonyl (C=O) groups is 1. The summed E-state index contributed by atoms with van der Waals surface area (Å²) in [5, 5.41) is 0. The van der Waals surface area contributed by atoms with Gasteiger partial charge in [-0.2, -0.15) is 0 Å². The summed E-state index contributed by atoms with van der Waals surface area (Å²) in [6.45, 7) is 5.50. The number of hydrogen-bond donors (Lipinski definition) is 0. The highest BCUT2D eigenvalue weighted by Gasteiger charge is 2.12. The molecule has 0 aliphatic rings. The van der Waals surface area contributed by atoms with Crippen LogP contribution in [0.5, 0.6) is 0 Å². The van der Waals surface area contributed by atoms with Crippen molar-refractivity contribution in [2.45, 2.75) is 20.8 Å². The largest absolute Gasteiger partial charge is 0.294 e. The SMILES string of the molecule is CC(=O)c1cc(F)ccc1-c1cccc(C)c1C. The van der Waals surface area contributed by atoms with Crippen LogP contribution in [0.15, 0.2) is 36.4 Å². The second-order valence-corrected chi connectivity index (χ2v) is 4.49. The number of carbonyl (C=O) groups excluding carboxylic acids is 1. The molecule has 0 saturated heterocycles. The topological polar surface area (TPSA) is 17.1 Å². The van der Waals surface area contributed by atoms with Crippen molar-refractivity contribution in [3.8, 4) is 11.1 Å². The third-order valence-corrected chi connectivity index (χ3v) is 3.26. The van der Waals surface area contributed by atoms with Gasteiger partial charge < -0.3 is 0 Å². The average Bonchev–Trinajstić information content (AvgIpc) is 2.33. The van der Waals surface area contributed by atoms with Gasteiger partial charge in [0.2, 0.25) is 0 Å². The van der Waals surface area contributed by atoms with Crippen LogP contribution < -0.4 is 0 Å². The predicted octanol–water partition coefficient (Wildman–Crippen LogP) is 4.31. The lowest BCUT2D eigenvalue weighted by Crippen LogP contribution is -1.99. The lowest BCUT2D eigenvalue weighted by molar-refractivity contribution is 0.101. The summed E-state index contributed by atoms with van der Waals surface area (Å²) >= 11 is 0. The summed E-state index contributed by atoms with van der Waals surface area (Å²) in [6.07, 6.45) is 0. The first-order valence-electron chi connectivity index (χ1n) is 5.88. The number of Topliss-reactive ketones (excluding diaryl/α,β-unsaturated/α-hetero) is 1. The Labute approximate surface area is 106 Å². The number of halogens is 1. The Bertz CT molecular complexity index is 614. The van der Waals surface area contributed by atoms with E-state index in [4.69, 9.17) is 0 Å². The summed E-state index contributed by atoms with van der Waals surface area (Å²) in [5.41, 5.74) is 4.49. The van der Waals surface area contributed by atoms with Crippen molar-refractivity contribution in [1.82, 2.24) is 0 Å². The number of aryl methyl sites for hydroxylation is 1. The molecule has 0 unspecified atom stereocenters. The first kappa shape index (κ1) is 12.5. The molecule has 0 bridgehead atoms. The van der Waals surface area contributed by atoms with Crippen LogP contribution in [-0.2, 0) is 0 Å². The van der Waals surface area contributed by atoms with Gasteiger partial charge in [0.1, 0.15) is 5.82 Å². The molecule has 2 heteroatoms. The van der Waals surface area contributed by atoms with E-state index in [1.54, 1.807) is 6.07 Å². The maximum Gasteiger partial charge on any atom is 0.160 e. The van der Waals surface area contributed by atoms with Crippen molar-refractivity contribution in [2.75, 3.05) is 0 Å². The van der Waals surface area contributed by atoms with E-state index in [9.17, 15) is 9.18 Å². The Hall–Kier alpha value is -1.96. The van der Waals surface area contributed by atoms with Crippen LogP contribution in [0, 0.1) is 19.7 Å². The zero-order valence-corrected chi connectivity index (χ0v) is 10.8. The fourth-order valence-corrected chi connectivity index (χ4v) is 2.09. The molecule has 2 aromatic carbocycles. The summed E-state index contributed by atoms with van der Waals surface area (Å²) in [5.74, 6) is -0.500. The lowest BCUT2D eigenvalue weighted by atomic mass is 9.92. The maximum absolute atomic E-state index is 13.3. The molecule has 2 aromatic rings. The molecule has 0 heterocycles. The van der Waals surface area contributed by atoms with E-state index in [0.29, 0.717) is 5.56 Å². The average molecular weight is 242 g/mol. The lowest BCUT2D eigenvalue weighted by Gasteiger charge is -2.12. The van der Waals surface area contributed by atoms with Gasteiger partial charge in [-0.15, -0.1) is 0 Å². The monoisotopic (exact) mass is 242 g/mol. The minimum absolute atomic E-state index is 0.120. The van der Waals surface area contributed by atoms with Crippen molar-refractivity contribution in [1.29, 1.82) is 0 Å². The second-order valence-electron chi connectivity index (χ2n) is 4.49. The fraction of sp³-hybridized carbons (Fsp3) is 0.188. The van der Waals surface area contributed by atoms with E-state index >= 15 is 0 Å². The highest BCUT2D eigenvalue weighted by atomic mass is 19.1. The van der Waals surface area contributed by atoms with Gasteiger partial charge in [0.15, 0.2) is 5.78 Å². The van der Waals surface area contributed by atoms with E-state index in [2.05, 4.69) is 0 Å². The Morgan fingerprint density at radius 2 is 1.78 bits per heavy atom. The molecule has 0 N–H and O–H groups in total. The fourth-order valence-electron chi connectivity index (χ4n) is 2.09. The molecule has 18 heavy (non-hydrogen) atoms. The van der Waals surface area contributed by atoms with Gasteiger partial charge in [-0.1, -0.05) is 24.3 Å². The first-order valence-corrected chi connectivity index (χ1v) is 5.88. The summed E-state index contributed by atoms with van der Waals surface area (Å²) < 4.78 is 13.3. The third kappa shape index (κ3) is 2.19. The summed E-state index contributed by atoms with van der Waals surface area (Å²) in [7, 11) is 0. The molecular weight excluding hydrogens is 227 g/mol. The Kier molecular flexibility index (Phi) is 3.28. The van der Waals surface area contributed by atoms with E-state index in [0.717, 1.165) is 22.3 Å². The summed E-state index contributed by atoms with van der Waals surface area (Å²) in [6, 6.07) is 10.3. The van der Waals surface area contributed by atoms with E-state index in [1.807, 2.05) is 32.0 Å². The standard InChI is InChI=1S/C16H15FO/c1-10-5-4-6-14(11(10)2)15-8-7-13(17)9-16(15)12(3)18/h4-9H,1-3H3. The molecule has 0 aliphatic carbocycles. The van der Waals surface area contributed by atoms with Crippen LogP contribution in [0.25, 0.3) is 11.1 Å². The molecule has 1 nitrogen and oxygen atoms in total. The zero-order valence-electron chi connectivity index (χ0n) is 10.8. The van der Waals surface area contributed by atoms with Crippen LogP contribution >= 0.6 is 0 Å². The smallest absolute Gasteiger partial charge is 0.160 e. The summed E-state index contributed by atoms with van der Waals surface area (Å²) in [4.78, 5) is 11.6. The zero-order chi connectivity index (χ0) is 13.3. The molecule has 0 aliphatic heterocycles. The number of ketones is 1. The van der Waals surface area contributed by atoms with Gasteiger partial charge >= 0.3 is 0 Å². The Morgan fingerprint density at radius 1 is 1.06 bits per heavy atom. The van der Waals surface area contributed by atoms with Crippen molar-refractivity contribution in [3.05, 3.63) is 58.9 Å². The molecule has 0 spiro atoms. The van der Waals surface area contributed by atoms with Gasteiger partial charge in [-0.05, 0) is 55.2 Å². The minimum Gasteiger partial charge on any atom is -0.294 e. The maximum atomic E-state index is 13.3. The molecule has 0 aromatic heterocycles. The van der Waals surface area contributed by atoms with Gasteiger partial charge in [0.05, 0.1) is 0 Å². The van der Waals surface area contributed by atoms with Crippen molar-refractivity contribution in [3.63, 3.8) is 0 Å². The minimum atomic E-state index is -0.380. The van der Waals surface area contributed by atoms with E-state index in [-0.39, 0.29) is 11.6 Å². The number of rotatable bonds is 2. The Morgan fingerprint density at radius 3 is 2.44 bits per heavy atom. The van der Waals surface area contributed by atoms with E-state index in [1.165, 1.54) is 19.1 Å². The van der Waals surface area contributed by atoms with Crippen molar-refractivity contribution >= 4 is 5.78 Å². The van der Waals surface area contributed by atoms with Gasteiger partial charge in [0.25, 0.3) is 0 Å². The van der Waals surface area contributed by atoms with E-state index < -0.39 is 0 Å². The molecular formula is C16H15FO. The molecule has 0 atom stereocenters.